The Kier molecular flexibility index (Phi) is 5.58. The summed E-state index contributed by atoms with van der Waals surface area (Å²) in [5.41, 5.74) is 3.40. The van der Waals surface area contributed by atoms with Gasteiger partial charge in [-0.05, 0) is 60.9 Å². The summed E-state index contributed by atoms with van der Waals surface area (Å²) >= 11 is 1.63. The van der Waals surface area contributed by atoms with E-state index in [9.17, 15) is 4.79 Å². The lowest BCUT2D eigenvalue weighted by Gasteiger charge is -2.11. The van der Waals surface area contributed by atoms with Crippen molar-refractivity contribution in [2.75, 3.05) is 16.9 Å². The Morgan fingerprint density at radius 1 is 0.931 bits per heavy atom. The number of benzene rings is 2. The number of nitrogens with zero attached hydrogens (tertiary/aromatic N) is 3. The molecule has 4 aromatic rings. The molecule has 0 saturated heterocycles. The molecule has 0 atom stereocenters. The molecular weight excluding hydrogens is 382 g/mol. The van der Waals surface area contributed by atoms with Gasteiger partial charge in [-0.25, -0.2) is 9.78 Å². The van der Waals surface area contributed by atoms with E-state index in [2.05, 4.69) is 20.6 Å². The second kappa shape index (κ2) is 8.62. The Balaban J connectivity index is 1.46. The van der Waals surface area contributed by atoms with E-state index in [1.165, 1.54) is 0 Å². The monoisotopic (exact) mass is 401 g/mol. The summed E-state index contributed by atoms with van der Waals surface area (Å²) in [6.45, 7) is 0. The number of thioether (sulfide) groups is 1. The lowest BCUT2D eigenvalue weighted by molar-refractivity contribution is 0.262. The van der Waals surface area contributed by atoms with Crippen molar-refractivity contribution in [1.82, 2.24) is 14.5 Å². The molecule has 2 amide bonds. The van der Waals surface area contributed by atoms with Gasteiger partial charge in [0.1, 0.15) is 5.82 Å². The number of rotatable bonds is 5. The maximum absolute atomic E-state index is 12.3. The van der Waals surface area contributed by atoms with E-state index < -0.39 is 0 Å². The van der Waals surface area contributed by atoms with Gasteiger partial charge in [-0.3, -0.25) is 9.55 Å². The van der Waals surface area contributed by atoms with E-state index in [1.807, 2.05) is 77.7 Å². The number of hydrogen-bond donors (Lipinski definition) is 2. The normalized spacial score (nSPS) is 10.5. The summed E-state index contributed by atoms with van der Waals surface area (Å²) in [6.07, 6.45) is 9.16. The van der Waals surface area contributed by atoms with E-state index in [1.54, 1.807) is 30.4 Å². The molecule has 2 heterocycles. The number of urea groups is 1. The molecule has 0 unspecified atom stereocenters. The first-order valence-corrected chi connectivity index (χ1v) is 10.2. The van der Waals surface area contributed by atoms with Crippen LogP contribution >= 0.6 is 11.8 Å². The van der Waals surface area contributed by atoms with Crippen LogP contribution in [0, 0.1) is 0 Å². The Morgan fingerprint density at radius 2 is 1.69 bits per heavy atom. The number of hydrogen-bond acceptors (Lipinski definition) is 4. The average molecular weight is 401 g/mol. The fourth-order valence-electron chi connectivity index (χ4n) is 2.93. The first-order chi connectivity index (χ1) is 14.2. The summed E-state index contributed by atoms with van der Waals surface area (Å²) in [7, 11) is 0. The van der Waals surface area contributed by atoms with Crippen molar-refractivity contribution in [3.63, 3.8) is 0 Å². The minimum absolute atomic E-state index is 0.281. The van der Waals surface area contributed by atoms with Crippen LogP contribution in [0.25, 0.3) is 17.1 Å². The molecule has 0 spiro atoms. The van der Waals surface area contributed by atoms with Gasteiger partial charge >= 0.3 is 6.03 Å². The molecule has 0 aliphatic heterocycles. The number of imidazole rings is 1. The second-order valence-electron chi connectivity index (χ2n) is 6.21. The predicted octanol–water partition coefficient (Wildman–Crippen LogP) is 5.30. The highest BCUT2D eigenvalue weighted by molar-refractivity contribution is 7.98. The minimum Gasteiger partial charge on any atom is -0.308 e. The van der Waals surface area contributed by atoms with Crippen molar-refractivity contribution in [1.29, 1.82) is 0 Å². The van der Waals surface area contributed by atoms with Crippen molar-refractivity contribution < 1.29 is 4.79 Å². The number of aromatic nitrogens is 3. The summed E-state index contributed by atoms with van der Waals surface area (Å²) in [6, 6.07) is 18.9. The van der Waals surface area contributed by atoms with Gasteiger partial charge in [-0.2, -0.15) is 0 Å². The van der Waals surface area contributed by atoms with E-state index in [0.29, 0.717) is 5.69 Å². The molecule has 0 fully saturated rings. The zero-order valence-electron chi connectivity index (χ0n) is 15.7. The van der Waals surface area contributed by atoms with Crippen LogP contribution in [0.15, 0.2) is 90.3 Å². The Bertz CT molecular complexity index is 1110. The van der Waals surface area contributed by atoms with E-state index in [0.717, 1.165) is 27.7 Å². The first-order valence-electron chi connectivity index (χ1n) is 8.99. The summed E-state index contributed by atoms with van der Waals surface area (Å²) < 4.78 is 1.99. The molecule has 144 valence electrons. The molecule has 0 bridgehead atoms. The molecule has 0 radical (unpaired) electrons. The molecule has 29 heavy (non-hydrogen) atoms. The van der Waals surface area contributed by atoms with Crippen LogP contribution in [-0.2, 0) is 0 Å². The number of anilines is 2. The highest BCUT2D eigenvalue weighted by atomic mass is 32.2. The molecule has 2 aromatic heterocycles. The first kappa shape index (κ1) is 18.8. The number of carbonyl (C=O) groups excluding carboxylic acids is 1. The molecule has 0 aliphatic carbocycles. The minimum atomic E-state index is -0.281. The molecule has 0 aliphatic rings. The van der Waals surface area contributed by atoms with Gasteiger partial charge in [-0.15, -0.1) is 11.8 Å². The number of nitrogens with one attached hydrogen (secondary N) is 2. The zero-order valence-corrected chi connectivity index (χ0v) is 16.6. The van der Waals surface area contributed by atoms with E-state index in [-0.39, 0.29) is 6.03 Å². The van der Waals surface area contributed by atoms with Gasteiger partial charge in [0.2, 0.25) is 0 Å². The van der Waals surface area contributed by atoms with Gasteiger partial charge < -0.3 is 10.6 Å². The highest BCUT2D eigenvalue weighted by Crippen LogP contribution is 2.22. The smallest absolute Gasteiger partial charge is 0.308 e. The predicted molar refractivity (Wildman–Crippen MR) is 118 cm³/mol. The number of carbonyl (C=O) groups is 1. The van der Waals surface area contributed by atoms with Crippen LogP contribution in [-0.4, -0.2) is 26.8 Å². The van der Waals surface area contributed by atoms with Crippen LogP contribution in [0.2, 0.25) is 0 Å². The SMILES string of the molecule is CSc1cccc(NC(=O)Nc2ccc(-n3ccnc3-c3ccncc3)cc2)c1. The molecule has 0 saturated carbocycles. The quantitative estimate of drug-likeness (QED) is 0.445. The molecular formula is C22H19N5OS. The lowest BCUT2D eigenvalue weighted by atomic mass is 10.2. The molecule has 6 nitrogen and oxygen atoms in total. The Labute approximate surface area is 173 Å². The van der Waals surface area contributed by atoms with E-state index >= 15 is 0 Å². The van der Waals surface area contributed by atoms with E-state index in [4.69, 9.17) is 0 Å². The fourth-order valence-corrected chi connectivity index (χ4v) is 3.39. The summed E-state index contributed by atoms with van der Waals surface area (Å²) in [5.74, 6) is 0.833. The molecule has 4 rings (SSSR count). The Morgan fingerprint density at radius 3 is 2.45 bits per heavy atom. The van der Waals surface area contributed by atoms with Gasteiger partial charge in [0.25, 0.3) is 0 Å². The van der Waals surface area contributed by atoms with Gasteiger partial charge in [0, 0.05) is 52.3 Å². The zero-order chi connectivity index (χ0) is 20.1. The topological polar surface area (TPSA) is 71.8 Å². The number of pyridine rings is 1. The third-order valence-corrected chi connectivity index (χ3v) is 5.04. The van der Waals surface area contributed by atoms with Crippen LogP contribution in [0.3, 0.4) is 0 Å². The molecule has 7 heteroatoms. The van der Waals surface area contributed by atoms with Crippen molar-refractivity contribution in [3.05, 3.63) is 85.5 Å². The maximum atomic E-state index is 12.3. The summed E-state index contributed by atoms with van der Waals surface area (Å²) in [5, 5.41) is 5.71. The van der Waals surface area contributed by atoms with Crippen LogP contribution < -0.4 is 10.6 Å². The highest BCUT2D eigenvalue weighted by Gasteiger charge is 2.08. The van der Waals surface area contributed by atoms with Gasteiger partial charge in [0.15, 0.2) is 0 Å². The van der Waals surface area contributed by atoms with Crippen molar-refractivity contribution >= 4 is 29.2 Å². The van der Waals surface area contributed by atoms with Crippen LogP contribution in [0.4, 0.5) is 16.2 Å². The number of amides is 2. The van der Waals surface area contributed by atoms with Gasteiger partial charge in [0.05, 0.1) is 0 Å². The van der Waals surface area contributed by atoms with Crippen LogP contribution in [0.5, 0.6) is 0 Å². The van der Waals surface area contributed by atoms with Crippen molar-refractivity contribution in [3.8, 4) is 17.1 Å². The third-order valence-electron chi connectivity index (χ3n) is 4.31. The van der Waals surface area contributed by atoms with Gasteiger partial charge in [-0.1, -0.05) is 6.07 Å². The maximum Gasteiger partial charge on any atom is 0.323 e. The van der Waals surface area contributed by atoms with Crippen LogP contribution in [0.1, 0.15) is 0 Å². The van der Waals surface area contributed by atoms with Crippen molar-refractivity contribution in [2.24, 2.45) is 0 Å². The summed E-state index contributed by atoms with van der Waals surface area (Å²) in [4.78, 5) is 21.9. The third kappa shape index (κ3) is 4.47. The average Bonchev–Trinajstić information content (AvgIpc) is 3.25. The molecule has 2 aromatic carbocycles. The fraction of sp³-hybridized carbons (Fsp3) is 0.0455. The molecule has 2 N–H and O–H groups in total. The lowest BCUT2D eigenvalue weighted by Crippen LogP contribution is -2.19. The second-order valence-corrected chi connectivity index (χ2v) is 7.09. The standard InChI is InChI=1S/C22H19N5OS/c1-29-20-4-2-3-18(15-20)26-22(28)25-17-5-7-19(8-6-17)27-14-13-24-21(27)16-9-11-23-12-10-16/h2-15H,1H3,(H2,25,26,28). The Hall–Kier alpha value is -3.58. The largest absolute Gasteiger partial charge is 0.323 e. The van der Waals surface area contributed by atoms with Crippen molar-refractivity contribution in [2.45, 2.75) is 4.90 Å².